The van der Waals surface area contributed by atoms with Gasteiger partial charge in [-0.1, -0.05) is 75.4 Å². The third-order valence-electron chi connectivity index (χ3n) is 4.00. The second-order valence-corrected chi connectivity index (χ2v) is 5.04. The summed E-state index contributed by atoms with van der Waals surface area (Å²) in [5.41, 5.74) is 4.40. The van der Waals surface area contributed by atoms with Crippen LogP contribution < -0.4 is 0 Å². The third-order valence-corrected chi connectivity index (χ3v) is 4.00. The van der Waals surface area contributed by atoms with Gasteiger partial charge in [-0.25, -0.2) is 0 Å². The molecule has 0 aliphatic rings. The molecule has 0 amide bonds. The Morgan fingerprint density at radius 2 is 1.39 bits per heavy atom. The van der Waals surface area contributed by atoms with Crippen LogP contribution in [-0.4, -0.2) is 0 Å². The summed E-state index contributed by atoms with van der Waals surface area (Å²) in [6.45, 7) is 6.90. The van der Waals surface area contributed by atoms with E-state index < -0.39 is 0 Å². The molecule has 0 heterocycles. The van der Waals surface area contributed by atoms with Gasteiger partial charge in [0.05, 0.1) is 0 Å². The molecule has 2 atom stereocenters. The standard InChI is InChI=1S/C18H22/c1-4-16-10-8-9-13-18(16)15(3)14(2)17-11-6-5-7-12-17/h5-15H,4H2,1-3H3. The number of benzene rings is 2. The molecule has 18 heavy (non-hydrogen) atoms. The fraction of sp³-hybridized carbons (Fsp3) is 0.333. The Morgan fingerprint density at radius 1 is 0.778 bits per heavy atom. The van der Waals surface area contributed by atoms with Gasteiger partial charge < -0.3 is 0 Å². The Balaban J connectivity index is 2.28. The molecule has 0 saturated carbocycles. The van der Waals surface area contributed by atoms with E-state index in [1.807, 2.05) is 0 Å². The van der Waals surface area contributed by atoms with Gasteiger partial charge in [0, 0.05) is 0 Å². The monoisotopic (exact) mass is 238 g/mol. The predicted molar refractivity (Wildman–Crippen MR) is 79.1 cm³/mol. The molecule has 0 aliphatic carbocycles. The number of hydrogen-bond donors (Lipinski definition) is 0. The van der Waals surface area contributed by atoms with Gasteiger partial charge in [0.1, 0.15) is 0 Å². The van der Waals surface area contributed by atoms with Gasteiger partial charge >= 0.3 is 0 Å². The first-order valence-corrected chi connectivity index (χ1v) is 6.86. The van der Waals surface area contributed by atoms with Crippen LogP contribution in [0.25, 0.3) is 0 Å². The zero-order valence-corrected chi connectivity index (χ0v) is 11.6. The van der Waals surface area contributed by atoms with Crippen LogP contribution in [0.15, 0.2) is 54.6 Å². The van der Waals surface area contributed by atoms with Crippen LogP contribution in [-0.2, 0) is 6.42 Å². The minimum atomic E-state index is 0.555. The quantitative estimate of drug-likeness (QED) is 0.690. The minimum Gasteiger partial charge on any atom is -0.0622 e. The van der Waals surface area contributed by atoms with Crippen LogP contribution in [0.1, 0.15) is 49.3 Å². The van der Waals surface area contributed by atoms with Crippen LogP contribution in [0.2, 0.25) is 0 Å². The van der Waals surface area contributed by atoms with E-state index in [0.29, 0.717) is 11.8 Å². The molecule has 0 aromatic heterocycles. The van der Waals surface area contributed by atoms with Crippen LogP contribution >= 0.6 is 0 Å². The van der Waals surface area contributed by atoms with Gasteiger partial charge in [-0.3, -0.25) is 0 Å². The Hall–Kier alpha value is -1.56. The molecule has 0 nitrogen and oxygen atoms in total. The van der Waals surface area contributed by atoms with Gasteiger partial charge in [-0.05, 0) is 34.9 Å². The van der Waals surface area contributed by atoms with Crippen molar-refractivity contribution >= 4 is 0 Å². The molecule has 2 rings (SSSR count). The van der Waals surface area contributed by atoms with E-state index in [1.165, 1.54) is 16.7 Å². The van der Waals surface area contributed by atoms with Crippen LogP contribution in [0.3, 0.4) is 0 Å². The molecule has 2 unspecified atom stereocenters. The highest BCUT2D eigenvalue weighted by Gasteiger charge is 2.17. The molecule has 0 N–H and O–H groups in total. The van der Waals surface area contributed by atoms with Crippen LogP contribution in [0.4, 0.5) is 0 Å². The van der Waals surface area contributed by atoms with E-state index in [2.05, 4.69) is 75.4 Å². The first kappa shape index (κ1) is 12.9. The van der Waals surface area contributed by atoms with Crippen molar-refractivity contribution in [2.45, 2.75) is 39.0 Å². The van der Waals surface area contributed by atoms with Crippen molar-refractivity contribution in [3.8, 4) is 0 Å². The van der Waals surface area contributed by atoms with Crippen molar-refractivity contribution in [3.63, 3.8) is 0 Å². The van der Waals surface area contributed by atoms with Crippen molar-refractivity contribution in [1.29, 1.82) is 0 Å². The number of aryl methyl sites for hydroxylation is 1. The maximum absolute atomic E-state index is 2.34. The summed E-state index contributed by atoms with van der Waals surface area (Å²) in [5.74, 6) is 1.11. The summed E-state index contributed by atoms with van der Waals surface area (Å²) in [6, 6.07) is 19.6. The Kier molecular flexibility index (Phi) is 4.19. The molecule has 0 aliphatic heterocycles. The van der Waals surface area contributed by atoms with E-state index in [0.717, 1.165) is 6.42 Å². The fourth-order valence-corrected chi connectivity index (χ4v) is 2.61. The van der Waals surface area contributed by atoms with E-state index in [1.54, 1.807) is 0 Å². The number of hydrogen-bond acceptors (Lipinski definition) is 0. The predicted octanol–water partition coefficient (Wildman–Crippen LogP) is 5.16. The molecular formula is C18H22. The Bertz CT molecular complexity index is 484. The van der Waals surface area contributed by atoms with Gasteiger partial charge in [0.15, 0.2) is 0 Å². The molecule has 0 heteroatoms. The molecule has 94 valence electrons. The summed E-state index contributed by atoms with van der Waals surface area (Å²) in [5, 5.41) is 0. The Labute approximate surface area is 111 Å². The van der Waals surface area contributed by atoms with Gasteiger partial charge in [0.25, 0.3) is 0 Å². The molecule has 2 aromatic carbocycles. The van der Waals surface area contributed by atoms with Gasteiger partial charge in [-0.15, -0.1) is 0 Å². The molecule has 0 bridgehead atoms. The van der Waals surface area contributed by atoms with Crippen molar-refractivity contribution in [1.82, 2.24) is 0 Å². The zero-order valence-electron chi connectivity index (χ0n) is 11.6. The zero-order chi connectivity index (χ0) is 13.0. The SMILES string of the molecule is CCc1ccccc1C(C)C(C)c1ccccc1. The lowest BCUT2D eigenvalue weighted by atomic mass is 9.82. The summed E-state index contributed by atoms with van der Waals surface area (Å²) in [6.07, 6.45) is 1.11. The Morgan fingerprint density at radius 3 is 2.06 bits per heavy atom. The normalized spacial score (nSPS) is 14.2. The van der Waals surface area contributed by atoms with Crippen molar-refractivity contribution < 1.29 is 0 Å². The third kappa shape index (κ3) is 2.64. The molecular weight excluding hydrogens is 216 g/mol. The lowest BCUT2D eigenvalue weighted by molar-refractivity contribution is 0.618. The average Bonchev–Trinajstić information content (AvgIpc) is 2.46. The van der Waals surface area contributed by atoms with E-state index in [-0.39, 0.29) is 0 Å². The lowest BCUT2D eigenvalue weighted by Crippen LogP contribution is -2.07. The summed E-state index contributed by atoms with van der Waals surface area (Å²) < 4.78 is 0. The summed E-state index contributed by atoms with van der Waals surface area (Å²) in [4.78, 5) is 0. The summed E-state index contributed by atoms with van der Waals surface area (Å²) in [7, 11) is 0. The first-order chi connectivity index (χ1) is 8.74. The molecule has 0 saturated heterocycles. The number of rotatable bonds is 4. The second-order valence-electron chi connectivity index (χ2n) is 5.04. The molecule has 0 radical (unpaired) electrons. The molecule has 2 aromatic rings. The molecule has 0 fully saturated rings. The lowest BCUT2D eigenvalue weighted by Gasteiger charge is -2.23. The highest BCUT2D eigenvalue weighted by atomic mass is 14.2. The molecule has 0 spiro atoms. The van der Waals surface area contributed by atoms with Crippen LogP contribution in [0.5, 0.6) is 0 Å². The van der Waals surface area contributed by atoms with Gasteiger partial charge in [0.2, 0.25) is 0 Å². The largest absolute Gasteiger partial charge is 0.0622 e. The minimum absolute atomic E-state index is 0.555. The van der Waals surface area contributed by atoms with Crippen LogP contribution in [0, 0.1) is 0 Å². The van der Waals surface area contributed by atoms with E-state index in [9.17, 15) is 0 Å². The van der Waals surface area contributed by atoms with Crippen molar-refractivity contribution in [2.75, 3.05) is 0 Å². The average molecular weight is 238 g/mol. The summed E-state index contributed by atoms with van der Waals surface area (Å²) >= 11 is 0. The topological polar surface area (TPSA) is 0 Å². The van der Waals surface area contributed by atoms with Crippen molar-refractivity contribution in [2.24, 2.45) is 0 Å². The maximum Gasteiger partial charge on any atom is -0.0121 e. The fourth-order valence-electron chi connectivity index (χ4n) is 2.61. The first-order valence-electron chi connectivity index (χ1n) is 6.86. The smallest absolute Gasteiger partial charge is 0.0121 e. The van der Waals surface area contributed by atoms with E-state index >= 15 is 0 Å². The second kappa shape index (κ2) is 5.86. The van der Waals surface area contributed by atoms with Crippen molar-refractivity contribution in [3.05, 3.63) is 71.3 Å². The van der Waals surface area contributed by atoms with E-state index in [4.69, 9.17) is 0 Å². The highest BCUT2D eigenvalue weighted by Crippen LogP contribution is 2.33. The van der Waals surface area contributed by atoms with Gasteiger partial charge in [-0.2, -0.15) is 0 Å². The maximum atomic E-state index is 2.34. The highest BCUT2D eigenvalue weighted by molar-refractivity contribution is 5.33.